The number of hydrogen-bond donors (Lipinski definition) is 2. The van der Waals surface area contributed by atoms with E-state index in [1.54, 1.807) is 29.6 Å². The quantitative estimate of drug-likeness (QED) is 0.468. The number of hydrogen-bond acceptors (Lipinski definition) is 7. The minimum atomic E-state index is -0.611. The molecule has 2 amide bonds. The molecule has 1 atom stereocenters. The SMILES string of the molecule is O=C(c1cc(Nc2ccc3c(c2)CC2(C3)C(=O)Nc3ncccc32)ncn1)N1CCc2cnccc21. The highest BCUT2D eigenvalue weighted by Crippen LogP contribution is 2.47. The second kappa shape index (κ2) is 7.67. The fraction of sp³-hybridized carbons (Fsp3) is 0.185. The van der Waals surface area contributed by atoms with Gasteiger partial charge in [-0.1, -0.05) is 12.1 Å². The Labute approximate surface area is 206 Å². The Morgan fingerprint density at radius 1 is 1.00 bits per heavy atom. The summed E-state index contributed by atoms with van der Waals surface area (Å²) in [5.74, 6) is 1.02. The van der Waals surface area contributed by atoms with Crippen LogP contribution in [0.15, 0.2) is 67.4 Å². The molecule has 0 bridgehead atoms. The molecule has 1 aliphatic carbocycles. The second-order valence-electron chi connectivity index (χ2n) is 9.40. The van der Waals surface area contributed by atoms with Gasteiger partial charge in [-0.05, 0) is 60.2 Å². The first-order valence-electron chi connectivity index (χ1n) is 11.8. The monoisotopic (exact) mass is 475 g/mol. The van der Waals surface area contributed by atoms with E-state index in [0.717, 1.165) is 40.0 Å². The van der Waals surface area contributed by atoms with Gasteiger partial charge < -0.3 is 15.5 Å². The summed E-state index contributed by atoms with van der Waals surface area (Å²) in [6, 6.07) is 13.5. The van der Waals surface area contributed by atoms with Gasteiger partial charge in [0, 0.05) is 42.5 Å². The topological polar surface area (TPSA) is 113 Å². The van der Waals surface area contributed by atoms with Gasteiger partial charge in [-0.15, -0.1) is 0 Å². The molecule has 0 radical (unpaired) electrons. The summed E-state index contributed by atoms with van der Waals surface area (Å²) in [5.41, 5.74) is 5.70. The number of amides is 2. The number of pyridine rings is 2. The Morgan fingerprint density at radius 2 is 1.92 bits per heavy atom. The van der Waals surface area contributed by atoms with Gasteiger partial charge in [0.15, 0.2) is 0 Å². The zero-order valence-corrected chi connectivity index (χ0v) is 19.2. The van der Waals surface area contributed by atoms with Crippen LogP contribution in [0.25, 0.3) is 0 Å². The van der Waals surface area contributed by atoms with Crippen molar-refractivity contribution in [3.8, 4) is 0 Å². The van der Waals surface area contributed by atoms with Crippen molar-refractivity contribution in [3.05, 3.63) is 95.3 Å². The molecule has 7 rings (SSSR count). The highest BCUT2D eigenvalue weighted by atomic mass is 16.2. The van der Waals surface area contributed by atoms with Crippen molar-refractivity contribution in [3.63, 3.8) is 0 Å². The number of carbonyl (C=O) groups excluding carboxylic acids is 2. The van der Waals surface area contributed by atoms with Gasteiger partial charge in [0.1, 0.15) is 23.7 Å². The van der Waals surface area contributed by atoms with Crippen LogP contribution in [-0.2, 0) is 29.5 Å². The van der Waals surface area contributed by atoms with E-state index in [1.165, 1.54) is 6.33 Å². The number of nitrogens with one attached hydrogen (secondary N) is 2. The summed E-state index contributed by atoms with van der Waals surface area (Å²) < 4.78 is 0. The highest BCUT2D eigenvalue weighted by molar-refractivity contribution is 6.07. The molecule has 0 fully saturated rings. The molecule has 36 heavy (non-hydrogen) atoms. The van der Waals surface area contributed by atoms with Crippen LogP contribution in [0.1, 0.15) is 32.7 Å². The van der Waals surface area contributed by atoms with Crippen LogP contribution in [0.3, 0.4) is 0 Å². The zero-order valence-electron chi connectivity index (χ0n) is 19.2. The molecule has 0 saturated carbocycles. The van der Waals surface area contributed by atoms with Gasteiger partial charge >= 0.3 is 0 Å². The van der Waals surface area contributed by atoms with Crippen molar-refractivity contribution < 1.29 is 9.59 Å². The normalized spacial score (nSPS) is 19.1. The number of aromatic nitrogens is 4. The molecular formula is C27H21N7O2. The van der Waals surface area contributed by atoms with E-state index in [1.807, 2.05) is 24.3 Å². The van der Waals surface area contributed by atoms with E-state index >= 15 is 0 Å². The molecule has 1 unspecified atom stereocenters. The summed E-state index contributed by atoms with van der Waals surface area (Å²) in [6.07, 6.45) is 8.62. The summed E-state index contributed by atoms with van der Waals surface area (Å²) in [5, 5.41) is 6.25. The lowest BCUT2D eigenvalue weighted by molar-refractivity contribution is -0.120. The minimum absolute atomic E-state index is 0.000122. The van der Waals surface area contributed by atoms with E-state index in [4.69, 9.17) is 0 Å². The Morgan fingerprint density at radius 3 is 2.86 bits per heavy atom. The molecule has 0 saturated heterocycles. The lowest BCUT2D eigenvalue weighted by atomic mass is 9.79. The summed E-state index contributed by atoms with van der Waals surface area (Å²) >= 11 is 0. The first kappa shape index (κ1) is 20.7. The van der Waals surface area contributed by atoms with Crippen molar-refractivity contribution in [1.29, 1.82) is 0 Å². The van der Waals surface area contributed by atoms with Crippen LogP contribution in [0.2, 0.25) is 0 Å². The lowest BCUT2D eigenvalue weighted by Crippen LogP contribution is -2.35. The number of carbonyl (C=O) groups is 2. The Kier molecular flexibility index (Phi) is 4.41. The molecule has 2 aliphatic heterocycles. The molecule has 5 heterocycles. The first-order valence-corrected chi connectivity index (χ1v) is 11.8. The van der Waals surface area contributed by atoms with Crippen LogP contribution in [-0.4, -0.2) is 38.3 Å². The molecule has 9 nitrogen and oxygen atoms in total. The standard InChI is InChI=1S/C27H21N7O2/c35-25(34-9-6-17-14-28-8-5-22(17)34)21-11-23(31-15-30-21)32-19-4-3-16-12-27(13-18(16)10-19)20-2-1-7-29-24(20)33-26(27)36/h1-5,7-8,10-11,14-15H,6,9,12-13H2,(H,29,33,36)(H,30,31,32). The average molecular weight is 476 g/mol. The maximum absolute atomic E-state index is 13.2. The van der Waals surface area contributed by atoms with Gasteiger partial charge in [0.2, 0.25) is 5.91 Å². The van der Waals surface area contributed by atoms with E-state index < -0.39 is 5.41 Å². The van der Waals surface area contributed by atoms with Gasteiger partial charge in [0.05, 0.1) is 11.1 Å². The van der Waals surface area contributed by atoms with Crippen LogP contribution in [0.5, 0.6) is 0 Å². The van der Waals surface area contributed by atoms with Crippen molar-refractivity contribution in [2.24, 2.45) is 0 Å². The lowest BCUT2D eigenvalue weighted by Gasteiger charge is -2.20. The fourth-order valence-corrected chi connectivity index (χ4v) is 5.61. The molecule has 3 aromatic heterocycles. The van der Waals surface area contributed by atoms with Crippen LogP contribution in [0, 0.1) is 0 Å². The van der Waals surface area contributed by atoms with Crippen LogP contribution < -0.4 is 15.5 Å². The zero-order chi connectivity index (χ0) is 24.3. The largest absolute Gasteiger partial charge is 0.340 e. The number of nitrogens with zero attached hydrogens (tertiary/aromatic N) is 5. The van der Waals surface area contributed by atoms with Crippen molar-refractivity contribution in [1.82, 2.24) is 19.9 Å². The summed E-state index contributed by atoms with van der Waals surface area (Å²) in [7, 11) is 0. The Balaban J connectivity index is 1.13. The second-order valence-corrected chi connectivity index (χ2v) is 9.40. The Hall–Kier alpha value is -4.66. The minimum Gasteiger partial charge on any atom is -0.340 e. The Bertz CT molecular complexity index is 1570. The number of fused-ring (bicyclic) bond motifs is 4. The molecule has 3 aliphatic rings. The molecule has 2 N–H and O–H groups in total. The summed E-state index contributed by atoms with van der Waals surface area (Å²) in [4.78, 5) is 44.9. The third-order valence-corrected chi connectivity index (χ3v) is 7.36. The maximum atomic E-state index is 13.2. The smallest absolute Gasteiger partial charge is 0.277 e. The van der Waals surface area contributed by atoms with Crippen molar-refractivity contribution in [2.45, 2.75) is 24.7 Å². The predicted molar refractivity (Wildman–Crippen MR) is 133 cm³/mol. The van der Waals surface area contributed by atoms with Gasteiger partial charge in [-0.2, -0.15) is 0 Å². The van der Waals surface area contributed by atoms with Gasteiger partial charge in [-0.25, -0.2) is 15.0 Å². The number of rotatable bonds is 3. The molecule has 1 spiro atoms. The van der Waals surface area contributed by atoms with E-state index in [2.05, 4.69) is 42.7 Å². The predicted octanol–water partition coefficient (Wildman–Crippen LogP) is 3.20. The highest BCUT2D eigenvalue weighted by Gasteiger charge is 2.51. The molecule has 9 heteroatoms. The molecule has 176 valence electrons. The molecular weight excluding hydrogens is 454 g/mol. The van der Waals surface area contributed by atoms with Crippen molar-refractivity contribution >= 4 is 34.8 Å². The first-order chi connectivity index (χ1) is 17.6. The van der Waals surface area contributed by atoms with Crippen LogP contribution in [0.4, 0.5) is 23.0 Å². The molecule has 1 aromatic carbocycles. The summed E-state index contributed by atoms with van der Waals surface area (Å²) in [6.45, 7) is 0.603. The van der Waals surface area contributed by atoms with Crippen molar-refractivity contribution in [2.75, 3.05) is 22.1 Å². The van der Waals surface area contributed by atoms with Crippen LogP contribution >= 0.6 is 0 Å². The molecule has 4 aromatic rings. The van der Waals surface area contributed by atoms with Gasteiger partial charge in [0.25, 0.3) is 5.91 Å². The van der Waals surface area contributed by atoms with E-state index in [0.29, 0.717) is 36.7 Å². The fourth-order valence-electron chi connectivity index (χ4n) is 5.61. The average Bonchev–Trinajstić information content (AvgIpc) is 3.58. The van der Waals surface area contributed by atoms with Gasteiger partial charge in [-0.3, -0.25) is 14.6 Å². The number of anilines is 4. The third kappa shape index (κ3) is 3.09. The van der Waals surface area contributed by atoms with E-state index in [-0.39, 0.29) is 11.8 Å². The number of benzene rings is 1. The maximum Gasteiger partial charge on any atom is 0.277 e. The third-order valence-electron chi connectivity index (χ3n) is 7.36. The van der Waals surface area contributed by atoms with E-state index in [9.17, 15) is 9.59 Å².